The minimum atomic E-state index is -3.25. The number of benzene rings is 2. The molecule has 0 aliphatic rings. The van der Waals surface area contributed by atoms with Gasteiger partial charge in [0, 0.05) is 18.4 Å². The minimum Gasteiger partial charge on any atom is -0.497 e. The molecule has 1 N–H and O–H groups in total. The number of nitrogens with one attached hydrogen (secondary N) is 1. The lowest BCUT2D eigenvalue weighted by atomic mass is 10.2. The third kappa shape index (κ3) is 4.08. The van der Waals surface area contributed by atoms with E-state index in [2.05, 4.69) is 5.32 Å². The summed E-state index contributed by atoms with van der Waals surface area (Å²) in [6.07, 6.45) is 1.13. The zero-order valence-electron chi connectivity index (χ0n) is 12.4. The molecule has 0 spiro atoms. The Kier molecular flexibility index (Phi) is 4.82. The molecule has 2 aromatic rings. The van der Waals surface area contributed by atoms with Gasteiger partial charge in [-0.2, -0.15) is 0 Å². The minimum absolute atomic E-state index is 0.192. The van der Waals surface area contributed by atoms with Crippen LogP contribution >= 0.6 is 0 Å². The van der Waals surface area contributed by atoms with Crippen molar-refractivity contribution < 1.29 is 17.9 Å². The first kappa shape index (κ1) is 16.0. The fourth-order valence-electron chi connectivity index (χ4n) is 1.92. The van der Waals surface area contributed by atoms with Gasteiger partial charge in [0.1, 0.15) is 5.75 Å². The molecule has 5 nitrogen and oxygen atoms in total. The Balaban J connectivity index is 2.03. The predicted octanol–water partition coefficient (Wildman–Crippen LogP) is 2.03. The van der Waals surface area contributed by atoms with E-state index >= 15 is 0 Å². The summed E-state index contributed by atoms with van der Waals surface area (Å²) in [7, 11) is -1.67. The molecule has 0 aliphatic heterocycles. The van der Waals surface area contributed by atoms with Crippen LogP contribution in [0.4, 0.5) is 0 Å². The Morgan fingerprint density at radius 1 is 1.14 bits per heavy atom. The van der Waals surface area contributed by atoms with Gasteiger partial charge in [-0.3, -0.25) is 4.79 Å². The summed E-state index contributed by atoms with van der Waals surface area (Å²) in [5.74, 6) is 0.465. The molecule has 0 aromatic heterocycles. The van der Waals surface area contributed by atoms with Gasteiger partial charge in [0.15, 0.2) is 9.84 Å². The van der Waals surface area contributed by atoms with Gasteiger partial charge in [0.2, 0.25) is 0 Å². The highest BCUT2D eigenvalue weighted by molar-refractivity contribution is 7.90. The molecule has 0 atom stereocenters. The maximum Gasteiger partial charge on any atom is 0.251 e. The van der Waals surface area contributed by atoms with Crippen LogP contribution in [0.15, 0.2) is 53.4 Å². The maximum absolute atomic E-state index is 12.0. The van der Waals surface area contributed by atoms with Gasteiger partial charge in [-0.25, -0.2) is 8.42 Å². The lowest BCUT2D eigenvalue weighted by Crippen LogP contribution is -2.22. The molecular formula is C16H17NO4S. The predicted molar refractivity (Wildman–Crippen MR) is 83.7 cm³/mol. The number of sulfone groups is 1. The topological polar surface area (TPSA) is 72.5 Å². The van der Waals surface area contributed by atoms with Gasteiger partial charge in [0.05, 0.1) is 12.0 Å². The fourth-order valence-corrected chi connectivity index (χ4v) is 2.55. The van der Waals surface area contributed by atoms with Crippen LogP contribution in [0.2, 0.25) is 0 Å². The molecule has 116 valence electrons. The number of rotatable bonds is 5. The van der Waals surface area contributed by atoms with Crippen LogP contribution in [0.1, 0.15) is 15.9 Å². The lowest BCUT2D eigenvalue weighted by Gasteiger charge is -2.07. The molecule has 0 radical (unpaired) electrons. The first-order valence-corrected chi connectivity index (χ1v) is 8.50. The molecule has 0 saturated heterocycles. The monoisotopic (exact) mass is 319 g/mol. The Hall–Kier alpha value is -2.34. The second-order valence-corrected chi connectivity index (χ2v) is 6.85. The van der Waals surface area contributed by atoms with Crippen molar-refractivity contribution in [2.45, 2.75) is 11.4 Å². The number of hydrogen-bond acceptors (Lipinski definition) is 4. The fraction of sp³-hybridized carbons (Fsp3) is 0.188. The maximum atomic E-state index is 12.0. The van der Waals surface area contributed by atoms with E-state index in [0.717, 1.165) is 17.6 Å². The molecule has 2 rings (SSSR count). The second kappa shape index (κ2) is 6.62. The van der Waals surface area contributed by atoms with Crippen molar-refractivity contribution in [3.8, 4) is 5.75 Å². The van der Waals surface area contributed by atoms with Crippen LogP contribution in [0.25, 0.3) is 0 Å². The summed E-state index contributed by atoms with van der Waals surface area (Å²) in [6, 6.07) is 13.2. The number of methoxy groups -OCH3 is 1. The number of carbonyl (C=O) groups excluding carboxylic acids is 1. The van der Waals surface area contributed by atoms with Crippen molar-refractivity contribution in [3.05, 3.63) is 59.7 Å². The third-order valence-corrected chi connectivity index (χ3v) is 4.26. The Labute approximate surface area is 129 Å². The van der Waals surface area contributed by atoms with E-state index in [0.29, 0.717) is 12.1 Å². The quantitative estimate of drug-likeness (QED) is 0.915. The van der Waals surface area contributed by atoms with E-state index in [-0.39, 0.29) is 10.8 Å². The summed E-state index contributed by atoms with van der Waals surface area (Å²) >= 11 is 0. The number of ether oxygens (including phenoxy) is 1. The molecule has 0 fully saturated rings. The zero-order valence-corrected chi connectivity index (χ0v) is 13.2. The van der Waals surface area contributed by atoms with Crippen molar-refractivity contribution in [2.24, 2.45) is 0 Å². The van der Waals surface area contributed by atoms with E-state index in [1.807, 2.05) is 24.3 Å². The van der Waals surface area contributed by atoms with Crippen molar-refractivity contribution in [2.75, 3.05) is 13.4 Å². The van der Waals surface area contributed by atoms with Gasteiger partial charge in [-0.15, -0.1) is 0 Å². The average Bonchev–Trinajstić information content (AvgIpc) is 2.52. The molecule has 0 saturated carbocycles. The zero-order chi connectivity index (χ0) is 16.2. The van der Waals surface area contributed by atoms with Crippen LogP contribution in [0.3, 0.4) is 0 Å². The van der Waals surface area contributed by atoms with Crippen molar-refractivity contribution >= 4 is 15.7 Å². The van der Waals surface area contributed by atoms with Gasteiger partial charge >= 0.3 is 0 Å². The Morgan fingerprint density at radius 2 is 1.82 bits per heavy atom. The SMILES string of the molecule is COc1cccc(CNC(=O)c2ccc(S(C)(=O)=O)cc2)c1. The van der Waals surface area contributed by atoms with E-state index in [9.17, 15) is 13.2 Å². The third-order valence-electron chi connectivity index (χ3n) is 3.13. The largest absolute Gasteiger partial charge is 0.497 e. The molecule has 22 heavy (non-hydrogen) atoms. The summed E-state index contributed by atoms with van der Waals surface area (Å²) in [6.45, 7) is 0.365. The van der Waals surface area contributed by atoms with Gasteiger partial charge in [-0.1, -0.05) is 12.1 Å². The molecule has 0 bridgehead atoms. The van der Waals surface area contributed by atoms with E-state index < -0.39 is 9.84 Å². The Bertz CT molecular complexity index is 767. The summed E-state index contributed by atoms with van der Waals surface area (Å²) < 4.78 is 27.9. The highest BCUT2D eigenvalue weighted by Gasteiger charge is 2.09. The van der Waals surface area contributed by atoms with Gasteiger partial charge < -0.3 is 10.1 Å². The highest BCUT2D eigenvalue weighted by Crippen LogP contribution is 2.13. The van der Waals surface area contributed by atoms with Crippen molar-refractivity contribution in [1.82, 2.24) is 5.32 Å². The number of hydrogen-bond donors (Lipinski definition) is 1. The molecular weight excluding hydrogens is 302 g/mol. The van der Waals surface area contributed by atoms with Gasteiger partial charge in [0.25, 0.3) is 5.91 Å². The molecule has 0 unspecified atom stereocenters. The van der Waals surface area contributed by atoms with Gasteiger partial charge in [-0.05, 0) is 42.0 Å². The highest BCUT2D eigenvalue weighted by atomic mass is 32.2. The molecule has 0 aliphatic carbocycles. The van der Waals surface area contributed by atoms with Crippen molar-refractivity contribution in [1.29, 1.82) is 0 Å². The Morgan fingerprint density at radius 3 is 2.41 bits per heavy atom. The van der Waals surface area contributed by atoms with Crippen LogP contribution in [-0.4, -0.2) is 27.7 Å². The molecule has 0 heterocycles. The van der Waals surface area contributed by atoms with Crippen LogP contribution in [0, 0.1) is 0 Å². The molecule has 1 amide bonds. The molecule has 2 aromatic carbocycles. The smallest absolute Gasteiger partial charge is 0.251 e. The summed E-state index contributed by atoms with van der Waals surface area (Å²) in [5.41, 5.74) is 1.33. The van der Waals surface area contributed by atoms with E-state index in [1.54, 1.807) is 7.11 Å². The van der Waals surface area contributed by atoms with E-state index in [4.69, 9.17) is 4.74 Å². The van der Waals surface area contributed by atoms with Crippen LogP contribution < -0.4 is 10.1 Å². The second-order valence-electron chi connectivity index (χ2n) is 4.83. The van der Waals surface area contributed by atoms with Crippen LogP contribution in [0.5, 0.6) is 5.75 Å². The normalized spacial score (nSPS) is 11.0. The van der Waals surface area contributed by atoms with E-state index in [1.165, 1.54) is 24.3 Å². The first-order chi connectivity index (χ1) is 10.4. The van der Waals surface area contributed by atoms with Crippen molar-refractivity contribution in [3.63, 3.8) is 0 Å². The summed E-state index contributed by atoms with van der Waals surface area (Å²) in [5, 5.41) is 2.78. The lowest BCUT2D eigenvalue weighted by molar-refractivity contribution is 0.0950. The van der Waals surface area contributed by atoms with Crippen LogP contribution in [-0.2, 0) is 16.4 Å². The average molecular weight is 319 g/mol. The standard InChI is InChI=1S/C16H17NO4S/c1-21-14-5-3-4-12(10-14)11-17-16(18)13-6-8-15(9-7-13)22(2,19)20/h3-10H,11H2,1-2H3,(H,17,18). The summed E-state index contributed by atoms with van der Waals surface area (Å²) in [4.78, 5) is 12.2. The number of amides is 1. The number of carbonyl (C=O) groups is 1. The first-order valence-electron chi connectivity index (χ1n) is 6.61. The molecule has 6 heteroatoms.